The highest BCUT2D eigenvalue weighted by molar-refractivity contribution is 6.31. The van der Waals surface area contributed by atoms with Crippen LogP contribution in [0.15, 0.2) is 41.2 Å². The Morgan fingerprint density at radius 1 is 1.33 bits per heavy atom. The number of carbonyl (C=O) groups excluding carboxylic acids is 1. The summed E-state index contributed by atoms with van der Waals surface area (Å²) in [5, 5.41) is 9.06. The Hall–Kier alpha value is -2.80. The number of H-pyrrole nitrogens is 1. The van der Waals surface area contributed by atoms with E-state index in [0.29, 0.717) is 11.3 Å². The maximum absolute atomic E-state index is 12.5. The number of aromatic amines is 1. The fourth-order valence-corrected chi connectivity index (χ4v) is 4.02. The molecule has 0 radical (unpaired) electrons. The summed E-state index contributed by atoms with van der Waals surface area (Å²) in [5.74, 6) is 0. The first-order chi connectivity index (χ1) is 13.0. The van der Waals surface area contributed by atoms with E-state index >= 15 is 0 Å². The fourth-order valence-electron chi connectivity index (χ4n) is 3.70. The highest BCUT2D eigenvalue weighted by atomic mass is 35.5. The molecule has 0 unspecified atom stereocenters. The zero-order valence-electron chi connectivity index (χ0n) is 14.9. The lowest BCUT2D eigenvalue weighted by Gasteiger charge is -2.42. The third kappa shape index (κ3) is 2.98. The first-order valence-corrected chi connectivity index (χ1v) is 9.24. The van der Waals surface area contributed by atoms with E-state index in [9.17, 15) is 9.59 Å². The Labute approximate surface area is 160 Å². The third-order valence-electron chi connectivity index (χ3n) is 5.27. The van der Waals surface area contributed by atoms with Gasteiger partial charge >= 0.3 is 6.03 Å². The summed E-state index contributed by atoms with van der Waals surface area (Å²) in [6.45, 7) is 0.182. The molecule has 3 N–H and O–H groups in total. The van der Waals surface area contributed by atoms with Gasteiger partial charge in [0.15, 0.2) is 5.65 Å². The number of hydrogen-bond acceptors (Lipinski definition) is 3. The van der Waals surface area contributed by atoms with Crippen LogP contribution in [-0.4, -0.2) is 27.7 Å². The molecule has 1 fully saturated rings. The number of hydrogen-bond donors (Lipinski definition) is 3. The van der Waals surface area contributed by atoms with Crippen molar-refractivity contribution in [2.45, 2.75) is 31.2 Å². The molecule has 0 spiro atoms. The number of fused-ring (bicyclic) bond motifs is 1. The van der Waals surface area contributed by atoms with Gasteiger partial charge in [-0.25, -0.2) is 14.3 Å². The zero-order chi connectivity index (χ0) is 19.0. The molecule has 0 aliphatic heterocycles. The Morgan fingerprint density at radius 2 is 2.11 bits per heavy atom. The predicted molar refractivity (Wildman–Crippen MR) is 103 cm³/mol. The number of halogens is 1. The van der Waals surface area contributed by atoms with Gasteiger partial charge in [-0.3, -0.25) is 9.89 Å². The van der Waals surface area contributed by atoms with E-state index in [2.05, 4.69) is 20.7 Å². The first kappa shape index (κ1) is 17.6. The highest BCUT2D eigenvalue weighted by Crippen LogP contribution is 2.50. The average molecular weight is 386 g/mol. The molecule has 0 atom stereocenters. The summed E-state index contributed by atoms with van der Waals surface area (Å²) in [4.78, 5) is 28.4. The lowest BCUT2D eigenvalue weighted by molar-refractivity contribution is 0.242. The Kier molecular flexibility index (Phi) is 4.39. The summed E-state index contributed by atoms with van der Waals surface area (Å²) in [5.41, 5.74) is 2.61. The molecule has 7 nitrogen and oxygen atoms in total. The van der Waals surface area contributed by atoms with Crippen molar-refractivity contribution < 1.29 is 4.79 Å². The molecule has 2 heterocycles. The minimum absolute atomic E-state index is 0.182. The van der Waals surface area contributed by atoms with Crippen molar-refractivity contribution in [1.29, 1.82) is 0 Å². The molecule has 140 valence electrons. The minimum Gasteiger partial charge on any atom is -0.341 e. The molecule has 8 heteroatoms. The standard InChI is InChI=1S/C19H20ClN5O2/c1-21-18(27)22-11-12-9-17(26)25-16(23-12)10-15(24-25)19(7-4-8-19)13-5-2-3-6-14(13)20/h2-3,5-6,9-10,24H,4,7-8,11H2,1H3,(H2,21,22,27). The van der Waals surface area contributed by atoms with Crippen LogP contribution < -0.4 is 16.2 Å². The van der Waals surface area contributed by atoms with E-state index in [1.807, 2.05) is 30.3 Å². The van der Waals surface area contributed by atoms with Crippen molar-refractivity contribution in [3.05, 3.63) is 68.7 Å². The second kappa shape index (κ2) is 6.74. The van der Waals surface area contributed by atoms with Crippen molar-refractivity contribution in [3.63, 3.8) is 0 Å². The van der Waals surface area contributed by atoms with Gasteiger partial charge in [-0.1, -0.05) is 36.2 Å². The summed E-state index contributed by atoms with van der Waals surface area (Å²) in [6.07, 6.45) is 3.02. The molecule has 1 aliphatic rings. The topological polar surface area (TPSA) is 91.3 Å². The quantitative estimate of drug-likeness (QED) is 0.644. The number of nitrogens with zero attached hydrogens (tertiary/aromatic N) is 2. The molecule has 2 amide bonds. The monoisotopic (exact) mass is 385 g/mol. The second-order valence-electron chi connectivity index (χ2n) is 6.80. The van der Waals surface area contributed by atoms with E-state index in [0.717, 1.165) is 35.5 Å². The molecule has 27 heavy (non-hydrogen) atoms. The van der Waals surface area contributed by atoms with Crippen molar-refractivity contribution in [1.82, 2.24) is 25.2 Å². The first-order valence-electron chi connectivity index (χ1n) is 8.86. The van der Waals surface area contributed by atoms with Crippen LogP contribution in [0.5, 0.6) is 0 Å². The van der Waals surface area contributed by atoms with Gasteiger partial charge in [0.05, 0.1) is 12.2 Å². The smallest absolute Gasteiger partial charge is 0.314 e. The molecule has 4 rings (SSSR count). The van der Waals surface area contributed by atoms with Crippen molar-refractivity contribution in [3.8, 4) is 0 Å². The van der Waals surface area contributed by atoms with Crippen LogP contribution in [0.4, 0.5) is 4.79 Å². The lowest BCUT2D eigenvalue weighted by Crippen LogP contribution is -2.36. The Bertz CT molecular complexity index is 1070. The van der Waals surface area contributed by atoms with E-state index in [4.69, 9.17) is 11.6 Å². The molecule has 1 saturated carbocycles. The van der Waals surface area contributed by atoms with Crippen molar-refractivity contribution >= 4 is 23.3 Å². The number of nitrogens with one attached hydrogen (secondary N) is 3. The van der Waals surface area contributed by atoms with Gasteiger partial charge in [-0.2, -0.15) is 0 Å². The van der Waals surface area contributed by atoms with Crippen LogP contribution in [0.3, 0.4) is 0 Å². The number of benzene rings is 1. The lowest BCUT2D eigenvalue weighted by atomic mass is 9.62. The normalized spacial score (nSPS) is 15.3. The van der Waals surface area contributed by atoms with Crippen molar-refractivity contribution in [2.24, 2.45) is 0 Å². The average Bonchev–Trinajstić information content (AvgIpc) is 3.05. The fraction of sp³-hybridized carbons (Fsp3) is 0.316. The van der Waals surface area contributed by atoms with Gasteiger partial charge in [-0.15, -0.1) is 0 Å². The number of rotatable bonds is 4. The van der Waals surface area contributed by atoms with Gasteiger partial charge in [0.1, 0.15) is 0 Å². The molecular formula is C19H20ClN5O2. The summed E-state index contributed by atoms with van der Waals surface area (Å²) < 4.78 is 1.44. The van der Waals surface area contributed by atoms with Crippen LogP contribution in [0.1, 0.15) is 36.2 Å². The molecular weight excluding hydrogens is 366 g/mol. The van der Waals surface area contributed by atoms with Crippen LogP contribution in [0.25, 0.3) is 5.65 Å². The maximum atomic E-state index is 12.5. The molecule has 2 aromatic heterocycles. The number of carbonyl (C=O) groups is 1. The van der Waals surface area contributed by atoms with Crippen molar-refractivity contribution in [2.75, 3.05) is 7.05 Å². The van der Waals surface area contributed by atoms with Gasteiger partial charge in [0.2, 0.25) is 0 Å². The van der Waals surface area contributed by atoms with Gasteiger partial charge < -0.3 is 10.6 Å². The zero-order valence-corrected chi connectivity index (χ0v) is 15.6. The van der Waals surface area contributed by atoms with Gasteiger partial charge in [0, 0.05) is 35.3 Å². The SMILES string of the molecule is CNC(=O)NCc1cc(=O)n2[nH]c(C3(c4ccccc4Cl)CCC3)cc2n1. The van der Waals surface area contributed by atoms with Gasteiger partial charge in [0.25, 0.3) is 5.56 Å². The van der Waals surface area contributed by atoms with Gasteiger partial charge in [-0.05, 0) is 24.5 Å². The molecule has 1 aliphatic carbocycles. The Morgan fingerprint density at radius 3 is 2.78 bits per heavy atom. The minimum atomic E-state index is -0.320. The van der Waals surface area contributed by atoms with E-state index in [1.165, 1.54) is 17.6 Å². The van der Waals surface area contributed by atoms with Crippen LogP contribution in [-0.2, 0) is 12.0 Å². The second-order valence-corrected chi connectivity index (χ2v) is 7.20. The molecule has 3 aromatic rings. The Balaban J connectivity index is 1.75. The summed E-state index contributed by atoms with van der Waals surface area (Å²) in [7, 11) is 1.53. The molecule has 1 aromatic carbocycles. The predicted octanol–water partition coefficient (Wildman–Crippen LogP) is 2.58. The van der Waals surface area contributed by atoms with Crippen LogP contribution in [0.2, 0.25) is 5.02 Å². The number of urea groups is 1. The van der Waals surface area contributed by atoms with E-state index in [-0.39, 0.29) is 23.6 Å². The van der Waals surface area contributed by atoms with E-state index < -0.39 is 0 Å². The molecule has 0 bridgehead atoms. The highest BCUT2D eigenvalue weighted by Gasteiger charge is 2.43. The number of amides is 2. The summed E-state index contributed by atoms with van der Waals surface area (Å²) in [6, 6.07) is 10.9. The third-order valence-corrected chi connectivity index (χ3v) is 5.60. The van der Waals surface area contributed by atoms with Crippen LogP contribution in [0, 0.1) is 0 Å². The maximum Gasteiger partial charge on any atom is 0.314 e. The summed E-state index contributed by atoms with van der Waals surface area (Å²) >= 11 is 6.47. The van der Waals surface area contributed by atoms with E-state index in [1.54, 1.807) is 0 Å². The number of aromatic nitrogens is 3. The van der Waals surface area contributed by atoms with Crippen LogP contribution >= 0.6 is 11.6 Å². The largest absolute Gasteiger partial charge is 0.341 e. The molecule has 0 saturated heterocycles.